The van der Waals surface area contributed by atoms with Crippen molar-refractivity contribution in [2.45, 2.75) is 16.3 Å². The lowest BCUT2D eigenvalue weighted by Gasteiger charge is -2.03. The maximum atomic E-state index is 10.6. The van der Waals surface area contributed by atoms with Crippen molar-refractivity contribution in [1.29, 1.82) is 0 Å². The number of benzene rings is 1. The highest BCUT2D eigenvalue weighted by Crippen LogP contribution is 2.28. The van der Waals surface area contributed by atoms with Crippen LogP contribution in [0, 0.1) is 3.57 Å². The molecule has 0 amide bonds. The second-order valence-electron chi connectivity index (χ2n) is 3.49. The molecule has 1 heterocycles. The van der Waals surface area contributed by atoms with Gasteiger partial charge in [-0.05, 0) is 40.3 Å². The molecule has 0 spiro atoms. The van der Waals surface area contributed by atoms with Gasteiger partial charge in [0.25, 0.3) is 0 Å². The summed E-state index contributed by atoms with van der Waals surface area (Å²) >= 11 is 3.72. The van der Waals surface area contributed by atoms with Gasteiger partial charge in [0, 0.05) is 11.1 Å². The van der Waals surface area contributed by atoms with Crippen LogP contribution < -0.4 is 0 Å². The van der Waals surface area contributed by atoms with Gasteiger partial charge in [0.1, 0.15) is 11.4 Å². The van der Waals surface area contributed by atoms with Crippen molar-refractivity contribution in [1.82, 2.24) is 9.97 Å². The highest BCUT2D eigenvalue weighted by Gasteiger charge is 2.05. The first kappa shape index (κ1) is 13.3. The molecule has 2 aromatic rings. The molecular formula is C12H9IN2O2S. The van der Waals surface area contributed by atoms with Crippen molar-refractivity contribution in [3.05, 3.63) is 45.9 Å². The third-order valence-corrected chi connectivity index (χ3v) is 4.31. The van der Waals surface area contributed by atoms with E-state index >= 15 is 0 Å². The first-order valence-corrected chi connectivity index (χ1v) is 6.99. The normalized spacial score (nSPS) is 10.3. The lowest BCUT2D eigenvalue weighted by molar-refractivity contribution is -0.136. The van der Waals surface area contributed by atoms with Crippen molar-refractivity contribution < 1.29 is 9.90 Å². The molecule has 0 fully saturated rings. The minimum absolute atomic E-state index is 0.0516. The molecule has 1 aromatic heterocycles. The van der Waals surface area contributed by atoms with E-state index in [1.807, 2.05) is 24.3 Å². The van der Waals surface area contributed by atoms with E-state index in [1.54, 1.807) is 6.20 Å². The molecule has 92 valence electrons. The van der Waals surface area contributed by atoms with Crippen molar-refractivity contribution in [3.8, 4) is 0 Å². The topological polar surface area (TPSA) is 63.1 Å². The van der Waals surface area contributed by atoms with Crippen molar-refractivity contribution in [2.24, 2.45) is 0 Å². The largest absolute Gasteiger partial charge is 0.481 e. The molecule has 0 saturated heterocycles. The number of carbonyl (C=O) groups is 1. The molecule has 0 aliphatic rings. The molecule has 1 aromatic carbocycles. The number of hydrogen-bond acceptors (Lipinski definition) is 4. The number of hydrogen-bond donors (Lipinski definition) is 1. The summed E-state index contributed by atoms with van der Waals surface area (Å²) < 4.78 is 0.995. The molecule has 0 aliphatic heterocycles. The first-order valence-electron chi connectivity index (χ1n) is 5.09. The summed E-state index contributed by atoms with van der Waals surface area (Å²) in [4.78, 5) is 19.7. The van der Waals surface area contributed by atoms with E-state index in [0.717, 1.165) is 19.1 Å². The fourth-order valence-corrected chi connectivity index (χ4v) is 2.71. The number of aromatic nitrogens is 2. The van der Waals surface area contributed by atoms with E-state index in [1.165, 1.54) is 18.1 Å². The van der Waals surface area contributed by atoms with Gasteiger partial charge in [0.05, 0.1) is 9.99 Å². The van der Waals surface area contributed by atoms with Gasteiger partial charge in [0.2, 0.25) is 0 Å². The fourth-order valence-electron chi connectivity index (χ4n) is 1.34. The quantitative estimate of drug-likeness (QED) is 0.661. The summed E-state index contributed by atoms with van der Waals surface area (Å²) in [5, 5.41) is 9.58. The summed E-state index contributed by atoms with van der Waals surface area (Å²) in [6.45, 7) is 0. The molecule has 2 rings (SSSR count). The Morgan fingerprint density at radius 2 is 2.06 bits per heavy atom. The van der Waals surface area contributed by atoms with Gasteiger partial charge >= 0.3 is 5.97 Å². The number of carboxylic acid groups (broad SMARTS) is 1. The summed E-state index contributed by atoms with van der Waals surface area (Å²) in [6, 6.07) is 7.46. The zero-order valence-corrected chi connectivity index (χ0v) is 12.2. The highest BCUT2D eigenvalue weighted by molar-refractivity contribution is 14.1. The van der Waals surface area contributed by atoms with Gasteiger partial charge in [-0.25, -0.2) is 9.97 Å². The van der Waals surface area contributed by atoms with E-state index < -0.39 is 5.97 Å². The number of carboxylic acids is 1. The molecule has 4 nitrogen and oxygen atoms in total. The Kier molecular flexibility index (Phi) is 4.54. The minimum atomic E-state index is -0.819. The van der Waals surface area contributed by atoms with Crippen LogP contribution in [-0.4, -0.2) is 21.0 Å². The Balaban J connectivity index is 2.11. The van der Waals surface area contributed by atoms with Gasteiger partial charge in [-0.15, -0.1) is 0 Å². The maximum absolute atomic E-state index is 10.6. The molecule has 0 atom stereocenters. The number of nitrogens with zero attached hydrogens (tertiary/aromatic N) is 2. The molecule has 0 saturated carbocycles. The van der Waals surface area contributed by atoms with Gasteiger partial charge in [-0.3, -0.25) is 4.79 Å². The third-order valence-electron chi connectivity index (χ3n) is 2.13. The number of halogens is 1. The van der Waals surface area contributed by atoms with Crippen LogP contribution in [0.5, 0.6) is 0 Å². The van der Waals surface area contributed by atoms with Crippen LogP contribution in [-0.2, 0) is 11.2 Å². The van der Waals surface area contributed by atoms with Crippen LogP contribution in [0.3, 0.4) is 0 Å². The monoisotopic (exact) mass is 372 g/mol. The van der Waals surface area contributed by atoms with Gasteiger partial charge in [-0.1, -0.05) is 23.9 Å². The smallest absolute Gasteiger partial charge is 0.307 e. The van der Waals surface area contributed by atoms with Crippen molar-refractivity contribution in [3.63, 3.8) is 0 Å². The average molecular weight is 372 g/mol. The van der Waals surface area contributed by atoms with Crippen molar-refractivity contribution in [2.75, 3.05) is 0 Å². The van der Waals surface area contributed by atoms with Crippen molar-refractivity contribution >= 4 is 40.3 Å². The minimum Gasteiger partial charge on any atom is -0.481 e. The maximum Gasteiger partial charge on any atom is 0.307 e. The summed E-state index contributed by atoms with van der Waals surface area (Å²) in [7, 11) is 0. The van der Waals surface area contributed by atoms with Gasteiger partial charge < -0.3 is 5.11 Å². The standard InChI is InChI=1S/C12H9IN2O2S/c13-10-6-14-7-15-12(10)18-9-3-1-8(2-4-9)5-11(16)17/h1-4,6-7H,5H2,(H,16,17). The Bertz CT molecular complexity index is 560. The second kappa shape index (κ2) is 6.14. The SMILES string of the molecule is O=C(O)Cc1ccc(Sc2ncncc2I)cc1. The zero-order chi connectivity index (χ0) is 13.0. The Labute approximate surface area is 122 Å². The molecule has 0 unspecified atom stereocenters. The van der Waals surface area contributed by atoms with Crippen LogP contribution in [0.4, 0.5) is 0 Å². The number of aliphatic carboxylic acids is 1. The molecule has 0 bridgehead atoms. The van der Waals surface area contributed by atoms with E-state index in [-0.39, 0.29) is 6.42 Å². The Morgan fingerprint density at radius 1 is 1.33 bits per heavy atom. The van der Waals surface area contributed by atoms with Gasteiger partial charge in [0.15, 0.2) is 0 Å². The fraction of sp³-hybridized carbons (Fsp3) is 0.0833. The zero-order valence-electron chi connectivity index (χ0n) is 9.21. The van der Waals surface area contributed by atoms with Crippen LogP contribution >= 0.6 is 34.4 Å². The van der Waals surface area contributed by atoms with E-state index in [2.05, 4.69) is 32.6 Å². The lowest BCUT2D eigenvalue weighted by Crippen LogP contribution is -1.99. The summed E-state index contributed by atoms with van der Waals surface area (Å²) in [5.74, 6) is -0.819. The lowest BCUT2D eigenvalue weighted by atomic mass is 10.2. The van der Waals surface area contributed by atoms with Gasteiger partial charge in [-0.2, -0.15) is 0 Å². The van der Waals surface area contributed by atoms with Crippen LogP contribution in [0.25, 0.3) is 0 Å². The predicted molar refractivity (Wildman–Crippen MR) is 76.7 cm³/mol. The van der Waals surface area contributed by atoms with Crippen LogP contribution in [0.1, 0.15) is 5.56 Å². The molecule has 0 aliphatic carbocycles. The summed E-state index contributed by atoms with van der Waals surface area (Å²) in [5.41, 5.74) is 0.796. The molecule has 1 N–H and O–H groups in total. The molecular weight excluding hydrogens is 363 g/mol. The van der Waals surface area contributed by atoms with E-state index in [4.69, 9.17) is 5.11 Å². The van der Waals surface area contributed by atoms with Crippen LogP contribution in [0.2, 0.25) is 0 Å². The first-order chi connectivity index (χ1) is 8.65. The average Bonchev–Trinajstić information content (AvgIpc) is 2.34. The highest BCUT2D eigenvalue weighted by atomic mass is 127. The molecule has 6 heteroatoms. The Hall–Kier alpha value is -1.15. The third kappa shape index (κ3) is 3.67. The van der Waals surface area contributed by atoms with E-state index in [0.29, 0.717) is 0 Å². The van der Waals surface area contributed by atoms with E-state index in [9.17, 15) is 4.79 Å². The Morgan fingerprint density at radius 3 is 2.67 bits per heavy atom. The predicted octanol–water partition coefficient (Wildman–Crippen LogP) is 2.86. The number of rotatable bonds is 4. The second-order valence-corrected chi connectivity index (χ2v) is 5.72. The molecule has 18 heavy (non-hydrogen) atoms. The summed E-state index contributed by atoms with van der Waals surface area (Å²) in [6.07, 6.45) is 3.33. The van der Waals surface area contributed by atoms with Crippen LogP contribution in [0.15, 0.2) is 46.7 Å². The molecule has 0 radical (unpaired) electrons.